The fraction of sp³-hybridized carbons (Fsp3) is 0. The van der Waals surface area contributed by atoms with Gasteiger partial charge in [0.2, 0.25) is 0 Å². The lowest BCUT2D eigenvalue weighted by atomic mass is 10.3. The molecular formula is C9H7N3O2. The molecule has 70 valence electrons. The second-order valence-electron chi connectivity index (χ2n) is 2.71. The van der Waals surface area contributed by atoms with Gasteiger partial charge in [0.1, 0.15) is 11.9 Å². The van der Waals surface area contributed by atoms with Crippen LogP contribution in [0.1, 0.15) is 0 Å². The van der Waals surface area contributed by atoms with Crippen LogP contribution in [0.4, 0.5) is 5.82 Å². The first-order valence-corrected chi connectivity index (χ1v) is 4.01. The van der Waals surface area contributed by atoms with Crippen molar-refractivity contribution in [2.24, 2.45) is 0 Å². The van der Waals surface area contributed by atoms with Crippen LogP contribution in [0.2, 0.25) is 0 Å². The highest BCUT2D eigenvalue weighted by Gasteiger charge is 2.13. The van der Waals surface area contributed by atoms with Crippen LogP contribution in [-0.4, -0.2) is 14.5 Å². The van der Waals surface area contributed by atoms with E-state index in [1.807, 2.05) is 18.2 Å². The van der Waals surface area contributed by atoms with Crippen LogP contribution >= 0.6 is 0 Å². The lowest BCUT2D eigenvalue weighted by molar-refractivity contribution is -0.391. The van der Waals surface area contributed by atoms with Gasteiger partial charge in [-0.2, -0.15) is 4.57 Å². The topological polar surface area (TPSA) is 61.0 Å². The summed E-state index contributed by atoms with van der Waals surface area (Å²) in [5, 5.41) is 10.6. The summed E-state index contributed by atoms with van der Waals surface area (Å²) in [6, 6.07) is 9.06. The van der Waals surface area contributed by atoms with E-state index in [2.05, 4.69) is 4.98 Å². The molecule has 0 saturated carbocycles. The van der Waals surface area contributed by atoms with Gasteiger partial charge in [-0.1, -0.05) is 18.2 Å². The van der Waals surface area contributed by atoms with Crippen molar-refractivity contribution in [1.82, 2.24) is 9.55 Å². The number of rotatable bonds is 2. The highest BCUT2D eigenvalue weighted by molar-refractivity contribution is 5.37. The maximum atomic E-state index is 10.6. The molecule has 0 unspecified atom stereocenters. The summed E-state index contributed by atoms with van der Waals surface area (Å²) in [5.41, 5.74) is 0.733. The lowest BCUT2D eigenvalue weighted by Crippen LogP contribution is -1.98. The van der Waals surface area contributed by atoms with Gasteiger partial charge in [0.15, 0.2) is 6.33 Å². The molecule has 0 N–H and O–H groups in total. The Balaban J connectivity index is 2.52. The molecule has 0 radical (unpaired) electrons. The fourth-order valence-electron chi connectivity index (χ4n) is 1.21. The van der Waals surface area contributed by atoms with Gasteiger partial charge in [-0.25, -0.2) is 4.98 Å². The molecule has 5 heteroatoms. The van der Waals surface area contributed by atoms with Crippen LogP contribution in [0.15, 0.2) is 42.9 Å². The third-order valence-electron chi connectivity index (χ3n) is 1.84. The Kier molecular flexibility index (Phi) is 1.98. The largest absolute Gasteiger partial charge is 0.358 e. The van der Waals surface area contributed by atoms with Crippen LogP contribution in [-0.2, 0) is 0 Å². The Morgan fingerprint density at radius 1 is 1.29 bits per heavy atom. The van der Waals surface area contributed by atoms with Crippen LogP contribution < -0.4 is 0 Å². The molecule has 0 amide bonds. The van der Waals surface area contributed by atoms with Gasteiger partial charge in [0.25, 0.3) is 0 Å². The normalized spacial score (nSPS) is 10.0. The van der Waals surface area contributed by atoms with Crippen molar-refractivity contribution in [1.29, 1.82) is 0 Å². The van der Waals surface area contributed by atoms with Gasteiger partial charge in [-0.3, -0.25) is 0 Å². The molecule has 1 heterocycles. The summed E-state index contributed by atoms with van der Waals surface area (Å²) >= 11 is 0. The molecule has 0 aliphatic carbocycles. The zero-order chi connectivity index (χ0) is 9.97. The third kappa shape index (κ3) is 1.35. The predicted octanol–water partition coefficient (Wildman–Crippen LogP) is 1.78. The number of nitrogens with zero attached hydrogens (tertiary/aromatic N) is 3. The van der Waals surface area contributed by atoms with Gasteiger partial charge in [-0.15, -0.1) is 0 Å². The van der Waals surface area contributed by atoms with Gasteiger partial charge in [0, 0.05) is 0 Å². The highest BCUT2D eigenvalue weighted by Crippen LogP contribution is 2.16. The van der Waals surface area contributed by atoms with Crippen molar-refractivity contribution in [3.05, 3.63) is 53.0 Å². The third-order valence-corrected chi connectivity index (χ3v) is 1.84. The van der Waals surface area contributed by atoms with Crippen LogP contribution in [0, 0.1) is 10.1 Å². The minimum atomic E-state index is -0.458. The molecule has 5 nitrogen and oxygen atoms in total. The molecule has 1 aromatic carbocycles. The van der Waals surface area contributed by atoms with E-state index in [4.69, 9.17) is 0 Å². The van der Waals surface area contributed by atoms with Crippen molar-refractivity contribution >= 4 is 5.82 Å². The molecular weight excluding hydrogens is 182 g/mol. The first-order chi connectivity index (χ1) is 6.79. The summed E-state index contributed by atoms with van der Waals surface area (Å²) in [6.45, 7) is 0. The van der Waals surface area contributed by atoms with Crippen LogP contribution in [0.3, 0.4) is 0 Å². The average Bonchev–Trinajstić information content (AvgIpc) is 2.67. The minimum Gasteiger partial charge on any atom is -0.358 e. The second kappa shape index (κ2) is 3.29. The molecule has 2 rings (SSSR count). The minimum absolute atomic E-state index is 0.0313. The smallest absolute Gasteiger partial charge is 0.347 e. The summed E-state index contributed by atoms with van der Waals surface area (Å²) in [6.07, 6.45) is 2.65. The molecule has 0 atom stereocenters. The van der Waals surface area contributed by atoms with E-state index in [0.717, 1.165) is 5.69 Å². The molecule has 0 spiro atoms. The molecule has 0 bridgehead atoms. The predicted molar refractivity (Wildman–Crippen MR) is 50.2 cm³/mol. The fourth-order valence-corrected chi connectivity index (χ4v) is 1.21. The van der Waals surface area contributed by atoms with Gasteiger partial charge in [-0.05, 0) is 17.1 Å². The number of benzene rings is 1. The standard InChI is InChI=1S/C9H7N3O2/c13-12(14)9-6-10-7-11(9)8-4-2-1-3-5-8/h1-7H. The van der Waals surface area contributed by atoms with Gasteiger partial charge < -0.3 is 10.1 Å². The first kappa shape index (κ1) is 8.43. The van der Waals surface area contributed by atoms with E-state index in [9.17, 15) is 10.1 Å². The highest BCUT2D eigenvalue weighted by atomic mass is 16.6. The molecule has 0 fully saturated rings. The summed E-state index contributed by atoms with van der Waals surface area (Å²) < 4.78 is 1.43. The van der Waals surface area contributed by atoms with Gasteiger partial charge >= 0.3 is 5.82 Å². The summed E-state index contributed by atoms with van der Waals surface area (Å²) in [4.78, 5) is 13.9. The molecule has 1 aromatic heterocycles. The summed E-state index contributed by atoms with van der Waals surface area (Å²) in [7, 11) is 0. The number of nitro groups is 1. The van der Waals surface area contributed by atoms with E-state index in [1.165, 1.54) is 17.1 Å². The SMILES string of the molecule is O=[N+]([O-])c1cncn1-c1ccccc1. The number of para-hydroxylation sites is 1. The Morgan fingerprint density at radius 2 is 2.00 bits per heavy atom. The molecule has 0 saturated heterocycles. The zero-order valence-electron chi connectivity index (χ0n) is 7.20. The molecule has 2 aromatic rings. The van der Waals surface area contributed by atoms with E-state index >= 15 is 0 Å². The summed E-state index contributed by atoms with van der Waals surface area (Å²) in [5.74, 6) is -0.0313. The number of hydrogen-bond acceptors (Lipinski definition) is 3. The van der Waals surface area contributed by atoms with Crippen molar-refractivity contribution in [2.45, 2.75) is 0 Å². The van der Waals surface area contributed by atoms with E-state index in [-0.39, 0.29) is 5.82 Å². The van der Waals surface area contributed by atoms with Crippen LogP contribution in [0.5, 0.6) is 0 Å². The van der Waals surface area contributed by atoms with E-state index in [0.29, 0.717) is 0 Å². The monoisotopic (exact) mass is 189 g/mol. The van der Waals surface area contributed by atoms with E-state index < -0.39 is 4.92 Å². The Hall–Kier alpha value is -2.17. The van der Waals surface area contributed by atoms with Crippen molar-refractivity contribution in [3.8, 4) is 5.69 Å². The van der Waals surface area contributed by atoms with E-state index in [1.54, 1.807) is 12.1 Å². The number of aromatic nitrogens is 2. The Bertz CT molecular complexity index is 450. The molecule has 0 aliphatic heterocycles. The first-order valence-electron chi connectivity index (χ1n) is 4.01. The Labute approximate surface area is 79.8 Å². The van der Waals surface area contributed by atoms with Crippen molar-refractivity contribution < 1.29 is 4.92 Å². The quantitative estimate of drug-likeness (QED) is 0.534. The number of hydrogen-bond donors (Lipinski definition) is 0. The van der Waals surface area contributed by atoms with Crippen LogP contribution in [0.25, 0.3) is 5.69 Å². The van der Waals surface area contributed by atoms with Crippen molar-refractivity contribution in [3.63, 3.8) is 0 Å². The average molecular weight is 189 g/mol. The Morgan fingerprint density at radius 3 is 2.64 bits per heavy atom. The van der Waals surface area contributed by atoms with Gasteiger partial charge in [0.05, 0.1) is 0 Å². The molecule has 14 heavy (non-hydrogen) atoms. The zero-order valence-corrected chi connectivity index (χ0v) is 7.20. The van der Waals surface area contributed by atoms with Crippen molar-refractivity contribution in [2.75, 3.05) is 0 Å². The lowest BCUT2D eigenvalue weighted by Gasteiger charge is -1.98. The second-order valence-corrected chi connectivity index (χ2v) is 2.71. The molecule has 0 aliphatic rings. The number of imidazole rings is 1. The maximum Gasteiger partial charge on any atom is 0.347 e. The maximum absolute atomic E-state index is 10.6.